The molecule has 1 aliphatic rings. The van der Waals surface area contributed by atoms with Crippen molar-refractivity contribution in [2.24, 2.45) is 0 Å². The standard InChI is InChI=1S/C24H19F3N4O3/c25-24(26,27)23(32,16-29-18-7-4-12-28-13-18)21-15-30(14-17-5-2-1-3-6-17)22-11-9-19(31(33)34)8-10-20(21)22/h1-10,12-13,15,29,32H,14,16H2. The van der Waals surface area contributed by atoms with Gasteiger partial charge in [0.1, 0.15) is 0 Å². The second-order valence-electron chi connectivity index (χ2n) is 7.68. The molecule has 174 valence electrons. The molecule has 10 heteroatoms. The van der Waals surface area contributed by atoms with Gasteiger partial charge in [0.05, 0.1) is 28.6 Å². The van der Waals surface area contributed by atoms with Gasteiger partial charge in [0.25, 0.3) is 5.70 Å². The fourth-order valence-electron chi connectivity index (χ4n) is 3.65. The van der Waals surface area contributed by atoms with Crippen molar-refractivity contribution >= 4 is 17.5 Å². The Labute approximate surface area is 191 Å². The number of pyridine rings is 1. The zero-order valence-electron chi connectivity index (χ0n) is 17.7. The van der Waals surface area contributed by atoms with Crippen LogP contribution in [0, 0.1) is 10.1 Å². The topological polar surface area (TPSA) is 93.2 Å². The Kier molecular flexibility index (Phi) is 6.10. The van der Waals surface area contributed by atoms with E-state index in [4.69, 9.17) is 0 Å². The summed E-state index contributed by atoms with van der Waals surface area (Å²) in [6.45, 7) is -0.719. The van der Waals surface area contributed by atoms with Crippen molar-refractivity contribution in [2.75, 3.05) is 11.9 Å². The molecule has 2 N–H and O–H groups in total. The van der Waals surface area contributed by atoms with Gasteiger partial charge in [-0.1, -0.05) is 36.1 Å². The van der Waals surface area contributed by atoms with E-state index in [-0.39, 0.29) is 22.8 Å². The molecule has 34 heavy (non-hydrogen) atoms. The number of nitrogens with one attached hydrogen (secondary N) is 1. The summed E-state index contributed by atoms with van der Waals surface area (Å²) in [6.07, 6.45) is 2.39. The highest BCUT2D eigenvalue weighted by Gasteiger charge is 2.56. The van der Waals surface area contributed by atoms with Crippen molar-refractivity contribution < 1.29 is 23.2 Å². The van der Waals surface area contributed by atoms with Crippen LogP contribution in [-0.4, -0.2) is 32.3 Å². The van der Waals surface area contributed by atoms with Crippen molar-refractivity contribution in [1.29, 1.82) is 0 Å². The fourth-order valence-corrected chi connectivity index (χ4v) is 3.65. The molecular formula is C24H19F3N4O3. The van der Waals surface area contributed by atoms with Crippen molar-refractivity contribution in [3.63, 3.8) is 0 Å². The molecule has 0 saturated heterocycles. The maximum atomic E-state index is 14.3. The molecule has 0 bridgehead atoms. The molecule has 7 nitrogen and oxygen atoms in total. The van der Waals surface area contributed by atoms with Gasteiger partial charge in [0, 0.05) is 42.0 Å². The smallest absolute Gasteiger partial charge is 0.380 e. The highest BCUT2D eigenvalue weighted by Crippen LogP contribution is 2.38. The molecule has 3 aromatic rings. The van der Waals surface area contributed by atoms with E-state index in [1.54, 1.807) is 30.3 Å². The molecule has 2 heterocycles. The molecule has 0 fully saturated rings. The second kappa shape index (κ2) is 9.01. The fraction of sp³-hybridized carbons (Fsp3) is 0.167. The Balaban J connectivity index is 1.89. The number of halogens is 3. The normalized spacial score (nSPS) is 14.6. The Morgan fingerprint density at radius 2 is 1.91 bits per heavy atom. The van der Waals surface area contributed by atoms with Crippen LogP contribution in [0.5, 0.6) is 0 Å². The number of allylic oxidation sites excluding steroid dienone is 2. The number of benzene rings is 1. The van der Waals surface area contributed by atoms with Gasteiger partial charge in [-0.15, -0.1) is 0 Å². The highest BCUT2D eigenvalue weighted by atomic mass is 19.4. The van der Waals surface area contributed by atoms with Crippen LogP contribution in [0.3, 0.4) is 0 Å². The van der Waals surface area contributed by atoms with E-state index in [1.807, 2.05) is 6.07 Å². The van der Waals surface area contributed by atoms with Gasteiger partial charge in [-0.25, -0.2) is 0 Å². The van der Waals surface area contributed by atoms with Crippen LogP contribution in [-0.2, 0) is 12.1 Å². The number of aromatic nitrogens is 2. The number of rotatable bonds is 7. The molecule has 4 rings (SSSR count). The van der Waals surface area contributed by atoms with E-state index in [1.165, 1.54) is 35.3 Å². The molecule has 0 saturated carbocycles. The first-order chi connectivity index (χ1) is 16.2. The summed E-state index contributed by atoms with van der Waals surface area (Å²) in [6, 6.07) is 12.1. The number of nitrogens with zero attached hydrogens (tertiary/aromatic N) is 3. The predicted molar refractivity (Wildman–Crippen MR) is 119 cm³/mol. The highest BCUT2D eigenvalue weighted by molar-refractivity contribution is 5.50. The summed E-state index contributed by atoms with van der Waals surface area (Å²) in [5, 5.41) is 25.1. The Morgan fingerprint density at radius 1 is 1.15 bits per heavy atom. The Bertz CT molecular complexity index is 1390. The molecule has 0 spiro atoms. The van der Waals surface area contributed by atoms with E-state index in [0.717, 1.165) is 17.7 Å². The van der Waals surface area contributed by atoms with Crippen LogP contribution >= 0.6 is 0 Å². The zero-order valence-corrected chi connectivity index (χ0v) is 17.7. The van der Waals surface area contributed by atoms with Crippen molar-refractivity contribution in [3.8, 4) is 0 Å². The third kappa shape index (κ3) is 4.50. The molecular weight excluding hydrogens is 449 g/mol. The van der Waals surface area contributed by atoms with Crippen LogP contribution in [0.25, 0.3) is 11.8 Å². The van der Waals surface area contributed by atoms with Crippen LogP contribution in [0.4, 0.5) is 18.9 Å². The minimum absolute atomic E-state index is 0.00292. The van der Waals surface area contributed by atoms with Crippen LogP contribution in [0.2, 0.25) is 0 Å². The maximum absolute atomic E-state index is 14.3. The van der Waals surface area contributed by atoms with Crippen molar-refractivity contribution in [2.45, 2.75) is 18.3 Å². The van der Waals surface area contributed by atoms with Gasteiger partial charge in [0.15, 0.2) is 0 Å². The predicted octanol–water partition coefficient (Wildman–Crippen LogP) is 2.68. The van der Waals surface area contributed by atoms with Gasteiger partial charge in [-0.2, -0.15) is 13.2 Å². The third-order valence-electron chi connectivity index (χ3n) is 5.43. The summed E-state index contributed by atoms with van der Waals surface area (Å²) < 4.78 is 44.5. The maximum Gasteiger partial charge on any atom is 0.423 e. The van der Waals surface area contributed by atoms with Crippen molar-refractivity contribution in [1.82, 2.24) is 9.55 Å². The molecule has 0 aliphatic heterocycles. The quantitative estimate of drug-likeness (QED) is 0.411. The number of hydrogen-bond acceptors (Lipinski definition) is 5. The molecule has 1 aromatic carbocycles. The molecule has 1 atom stereocenters. The van der Waals surface area contributed by atoms with Gasteiger partial charge < -0.3 is 15.0 Å². The number of fused-ring (bicyclic) bond motifs is 1. The third-order valence-corrected chi connectivity index (χ3v) is 5.43. The molecule has 1 aliphatic carbocycles. The van der Waals surface area contributed by atoms with E-state index in [9.17, 15) is 28.4 Å². The molecule has 1 unspecified atom stereocenters. The number of alkyl halides is 3. The lowest BCUT2D eigenvalue weighted by molar-refractivity contribution is -0.418. The summed E-state index contributed by atoms with van der Waals surface area (Å²) in [5.74, 6) is 0. The lowest BCUT2D eigenvalue weighted by Crippen LogP contribution is -2.51. The average molecular weight is 468 g/mol. The Hall–Kier alpha value is -4.14. The van der Waals surface area contributed by atoms with Gasteiger partial charge in [-0.05, 0) is 23.8 Å². The van der Waals surface area contributed by atoms with E-state index >= 15 is 0 Å². The number of anilines is 1. The summed E-state index contributed by atoms with van der Waals surface area (Å²) in [5.41, 5.74) is -0.238. The summed E-state index contributed by atoms with van der Waals surface area (Å²) >= 11 is 0. The number of aliphatic hydroxyl groups is 1. The minimum atomic E-state index is -5.06. The minimum Gasteiger partial charge on any atom is -0.380 e. The zero-order chi connectivity index (χ0) is 24.3. The molecule has 2 aromatic heterocycles. The number of nitro groups is 1. The lowest BCUT2D eigenvalue weighted by atomic mass is 9.93. The van der Waals surface area contributed by atoms with E-state index in [0.29, 0.717) is 5.69 Å². The van der Waals surface area contributed by atoms with Gasteiger partial charge in [0.2, 0.25) is 5.60 Å². The van der Waals surface area contributed by atoms with Crippen LogP contribution < -0.4 is 15.9 Å². The number of hydrogen-bond donors (Lipinski definition) is 2. The monoisotopic (exact) mass is 468 g/mol. The SMILES string of the molecule is O=[N+]([O-])C1=CC=c2c(C(O)(CNc3cccnc3)C(F)(F)F)cn(Cc3ccccc3)c2=C=C1. The average Bonchev–Trinajstić information content (AvgIpc) is 3.00. The first kappa shape index (κ1) is 23.0. The van der Waals surface area contributed by atoms with E-state index < -0.39 is 28.8 Å². The van der Waals surface area contributed by atoms with Crippen LogP contribution in [0.1, 0.15) is 11.1 Å². The lowest BCUT2D eigenvalue weighted by Gasteiger charge is -2.30. The Morgan fingerprint density at radius 3 is 2.56 bits per heavy atom. The van der Waals surface area contributed by atoms with Gasteiger partial charge >= 0.3 is 6.18 Å². The van der Waals surface area contributed by atoms with Crippen molar-refractivity contribution in [3.05, 3.63) is 111 Å². The molecule has 0 radical (unpaired) electrons. The summed E-state index contributed by atoms with van der Waals surface area (Å²) in [4.78, 5) is 14.5. The van der Waals surface area contributed by atoms with E-state index in [2.05, 4.69) is 16.0 Å². The first-order valence-corrected chi connectivity index (χ1v) is 10.2. The van der Waals surface area contributed by atoms with Crippen LogP contribution in [0.15, 0.2) is 78.9 Å². The molecule has 0 amide bonds. The second-order valence-corrected chi connectivity index (χ2v) is 7.68. The van der Waals surface area contributed by atoms with Gasteiger partial charge in [-0.3, -0.25) is 15.1 Å². The largest absolute Gasteiger partial charge is 0.423 e. The summed E-state index contributed by atoms with van der Waals surface area (Å²) in [7, 11) is 0. The first-order valence-electron chi connectivity index (χ1n) is 10.2.